The molecule has 2 aromatic carbocycles. The molecule has 0 aliphatic rings. The van der Waals surface area contributed by atoms with Crippen molar-refractivity contribution < 1.29 is 19.9 Å². The lowest BCUT2D eigenvalue weighted by atomic mass is 10.2. The molecule has 0 atom stereocenters. The SMILES string of the molecule is O=C(O)c1cccc([N+](=O)[O-])c1.Oc1ccc(N(CCCl)CCCl)cc1. The van der Waals surface area contributed by atoms with Crippen molar-refractivity contribution in [3.8, 4) is 5.75 Å². The Kier molecular flexibility index (Phi) is 9.25. The molecule has 9 heteroatoms. The summed E-state index contributed by atoms with van der Waals surface area (Å²) in [5, 5.41) is 27.8. The first kappa shape index (κ1) is 21.5. The first-order valence-corrected chi connectivity index (χ1v) is 8.59. The number of hydrogen-bond acceptors (Lipinski definition) is 5. The number of phenols is 1. The van der Waals surface area contributed by atoms with Crippen molar-refractivity contribution in [1.29, 1.82) is 0 Å². The molecule has 7 nitrogen and oxygen atoms in total. The summed E-state index contributed by atoms with van der Waals surface area (Å²) in [6.45, 7) is 1.53. The molecule has 26 heavy (non-hydrogen) atoms. The molecular weight excluding hydrogens is 383 g/mol. The van der Waals surface area contributed by atoms with E-state index in [0.29, 0.717) is 11.8 Å². The van der Waals surface area contributed by atoms with Gasteiger partial charge < -0.3 is 15.1 Å². The van der Waals surface area contributed by atoms with E-state index in [0.717, 1.165) is 24.8 Å². The number of carbonyl (C=O) groups is 1. The van der Waals surface area contributed by atoms with Crippen LogP contribution in [0.4, 0.5) is 11.4 Å². The van der Waals surface area contributed by atoms with Crippen LogP contribution in [0.15, 0.2) is 48.5 Å². The number of non-ortho nitro benzene ring substituents is 1. The number of halogens is 2. The molecule has 0 aliphatic carbocycles. The summed E-state index contributed by atoms with van der Waals surface area (Å²) in [5.74, 6) is 0.236. The van der Waals surface area contributed by atoms with Gasteiger partial charge >= 0.3 is 5.97 Å². The van der Waals surface area contributed by atoms with Gasteiger partial charge in [-0.05, 0) is 30.3 Å². The summed E-state index contributed by atoms with van der Waals surface area (Å²) in [6, 6.07) is 11.9. The average Bonchev–Trinajstić information content (AvgIpc) is 2.63. The second-order valence-corrected chi connectivity index (χ2v) is 5.75. The molecule has 140 valence electrons. The van der Waals surface area contributed by atoms with Crippen LogP contribution in [0, 0.1) is 10.1 Å². The van der Waals surface area contributed by atoms with Gasteiger partial charge in [-0.3, -0.25) is 10.1 Å². The molecule has 2 N–H and O–H groups in total. The maximum atomic E-state index is 10.4. The summed E-state index contributed by atoms with van der Waals surface area (Å²) < 4.78 is 0. The van der Waals surface area contributed by atoms with Gasteiger partial charge in [0.15, 0.2) is 0 Å². The molecule has 0 bridgehead atoms. The largest absolute Gasteiger partial charge is 0.508 e. The fraction of sp³-hybridized carbons (Fsp3) is 0.235. The zero-order valence-corrected chi connectivity index (χ0v) is 15.2. The van der Waals surface area contributed by atoms with Gasteiger partial charge in [0.05, 0.1) is 10.5 Å². The van der Waals surface area contributed by atoms with E-state index in [1.54, 1.807) is 12.1 Å². The number of carboxylic acid groups (broad SMARTS) is 1. The van der Waals surface area contributed by atoms with E-state index in [-0.39, 0.29) is 17.0 Å². The minimum absolute atomic E-state index is 0.0794. The number of phenolic OH excluding ortho intramolecular Hbond substituents is 1. The van der Waals surface area contributed by atoms with Crippen molar-refractivity contribution >= 4 is 40.5 Å². The quantitative estimate of drug-likeness (QED) is 0.413. The minimum atomic E-state index is -1.17. The van der Waals surface area contributed by atoms with Gasteiger partial charge in [0, 0.05) is 42.7 Å². The van der Waals surface area contributed by atoms with Crippen LogP contribution in [0.5, 0.6) is 5.75 Å². The average molecular weight is 401 g/mol. The van der Waals surface area contributed by atoms with E-state index in [2.05, 4.69) is 4.90 Å². The summed E-state index contributed by atoms with van der Waals surface area (Å²) in [6.07, 6.45) is 0. The third kappa shape index (κ3) is 7.16. The second kappa shape index (κ2) is 11.2. The van der Waals surface area contributed by atoms with Crippen molar-refractivity contribution in [3.05, 3.63) is 64.2 Å². The standard InChI is InChI=1S/C10H13Cl2NO.C7H5NO4/c11-5-7-13(8-6-12)9-1-3-10(14)4-2-9;9-7(10)5-2-1-3-6(4-5)8(11)12/h1-4,14H,5-8H2;1-4H,(H,9,10). The predicted octanol–water partition coefficient (Wildman–Crippen LogP) is 3.97. The Balaban J connectivity index is 0.000000263. The van der Waals surface area contributed by atoms with Crippen LogP contribution in [-0.2, 0) is 0 Å². The van der Waals surface area contributed by atoms with Gasteiger partial charge in [-0.15, -0.1) is 23.2 Å². The van der Waals surface area contributed by atoms with Crippen molar-refractivity contribution in [2.75, 3.05) is 29.7 Å². The monoisotopic (exact) mass is 400 g/mol. The molecule has 0 aliphatic heterocycles. The minimum Gasteiger partial charge on any atom is -0.508 e. The number of carboxylic acids is 1. The fourth-order valence-corrected chi connectivity index (χ4v) is 2.40. The van der Waals surface area contributed by atoms with E-state index in [9.17, 15) is 14.9 Å². The number of benzene rings is 2. The summed E-state index contributed by atoms with van der Waals surface area (Å²) in [5.41, 5.74) is 0.739. The number of alkyl halides is 2. The highest BCUT2D eigenvalue weighted by Crippen LogP contribution is 2.18. The number of rotatable bonds is 7. The fourth-order valence-electron chi connectivity index (χ4n) is 1.99. The van der Waals surface area contributed by atoms with Crippen LogP contribution in [0.2, 0.25) is 0 Å². The van der Waals surface area contributed by atoms with Crippen LogP contribution >= 0.6 is 23.2 Å². The van der Waals surface area contributed by atoms with E-state index in [1.165, 1.54) is 18.2 Å². The molecular formula is C17H18Cl2N2O5. The second-order valence-electron chi connectivity index (χ2n) is 4.99. The highest BCUT2D eigenvalue weighted by atomic mass is 35.5. The molecule has 0 radical (unpaired) electrons. The molecule has 0 unspecified atom stereocenters. The number of nitro benzene ring substituents is 1. The Morgan fingerprint density at radius 1 is 1.08 bits per heavy atom. The number of nitro groups is 1. The Hall–Kier alpha value is -2.51. The van der Waals surface area contributed by atoms with Gasteiger partial charge in [0.1, 0.15) is 5.75 Å². The Labute approximate surface area is 160 Å². The van der Waals surface area contributed by atoms with Crippen molar-refractivity contribution in [1.82, 2.24) is 0 Å². The smallest absolute Gasteiger partial charge is 0.335 e. The third-order valence-corrected chi connectivity index (χ3v) is 3.57. The third-order valence-electron chi connectivity index (χ3n) is 3.23. The van der Waals surface area contributed by atoms with Gasteiger partial charge in [-0.2, -0.15) is 0 Å². The van der Waals surface area contributed by atoms with E-state index < -0.39 is 10.9 Å². The van der Waals surface area contributed by atoms with Crippen molar-refractivity contribution in [3.63, 3.8) is 0 Å². The lowest BCUT2D eigenvalue weighted by Gasteiger charge is -2.22. The molecule has 0 amide bonds. The summed E-state index contributed by atoms with van der Waals surface area (Å²) >= 11 is 11.4. The van der Waals surface area contributed by atoms with Gasteiger partial charge in [0.2, 0.25) is 0 Å². The Morgan fingerprint density at radius 3 is 2.12 bits per heavy atom. The van der Waals surface area contributed by atoms with Gasteiger partial charge in [-0.25, -0.2) is 4.79 Å². The van der Waals surface area contributed by atoms with Crippen LogP contribution in [0.1, 0.15) is 10.4 Å². The van der Waals surface area contributed by atoms with Gasteiger partial charge in [-0.1, -0.05) is 6.07 Å². The van der Waals surface area contributed by atoms with Crippen molar-refractivity contribution in [2.24, 2.45) is 0 Å². The van der Waals surface area contributed by atoms with Gasteiger partial charge in [0.25, 0.3) is 5.69 Å². The lowest BCUT2D eigenvalue weighted by Crippen LogP contribution is -2.27. The Bertz CT molecular complexity index is 690. The molecule has 0 aromatic heterocycles. The number of nitrogens with zero attached hydrogens (tertiary/aromatic N) is 2. The normalized spacial score (nSPS) is 9.77. The maximum absolute atomic E-state index is 10.4. The molecule has 0 saturated heterocycles. The number of hydrogen-bond donors (Lipinski definition) is 2. The van der Waals surface area contributed by atoms with E-state index in [1.807, 2.05) is 12.1 Å². The first-order chi connectivity index (χ1) is 12.4. The summed E-state index contributed by atoms with van der Waals surface area (Å²) in [7, 11) is 0. The maximum Gasteiger partial charge on any atom is 0.335 e. The number of anilines is 1. The van der Waals surface area contributed by atoms with Crippen LogP contribution in [-0.4, -0.2) is 46.0 Å². The van der Waals surface area contributed by atoms with Crippen LogP contribution in [0.25, 0.3) is 0 Å². The molecule has 0 spiro atoms. The van der Waals surface area contributed by atoms with Crippen LogP contribution in [0.3, 0.4) is 0 Å². The lowest BCUT2D eigenvalue weighted by molar-refractivity contribution is -0.384. The first-order valence-electron chi connectivity index (χ1n) is 7.52. The molecule has 2 aromatic rings. The van der Waals surface area contributed by atoms with E-state index in [4.69, 9.17) is 33.4 Å². The molecule has 2 rings (SSSR count). The van der Waals surface area contributed by atoms with E-state index >= 15 is 0 Å². The van der Waals surface area contributed by atoms with Crippen molar-refractivity contribution in [2.45, 2.75) is 0 Å². The highest BCUT2D eigenvalue weighted by molar-refractivity contribution is 6.18. The molecule has 0 fully saturated rings. The zero-order chi connectivity index (χ0) is 19.5. The summed E-state index contributed by atoms with van der Waals surface area (Å²) in [4.78, 5) is 22.0. The number of aromatic carboxylic acids is 1. The molecule has 0 heterocycles. The molecule has 0 saturated carbocycles. The Morgan fingerprint density at radius 2 is 1.65 bits per heavy atom. The number of aromatic hydroxyl groups is 1. The topological polar surface area (TPSA) is 104 Å². The highest BCUT2D eigenvalue weighted by Gasteiger charge is 2.09. The van der Waals surface area contributed by atoms with Crippen LogP contribution < -0.4 is 4.90 Å². The predicted molar refractivity (Wildman–Crippen MR) is 102 cm³/mol. The zero-order valence-electron chi connectivity index (χ0n) is 13.7.